The van der Waals surface area contributed by atoms with Crippen molar-refractivity contribution >= 4 is 34.4 Å². The van der Waals surface area contributed by atoms with Crippen molar-refractivity contribution in [3.05, 3.63) is 35.4 Å². The maximum absolute atomic E-state index is 5.38. The van der Waals surface area contributed by atoms with E-state index in [1.54, 1.807) is 0 Å². The Labute approximate surface area is 94.7 Å². The van der Waals surface area contributed by atoms with E-state index in [0.717, 1.165) is 34.1 Å². The SMILES string of the molecule is CCCN1C(=S)c2ccccc2C1=S. The molecule has 0 aliphatic carbocycles. The van der Waals surface area contributed by atoms with Crippen LogP contribution >= 0.6 is 24.4 Å². The van der Waals surface area contributed by atoms with E-state index < -0.39 is 0 Å². The maximum atomic E-state index is 5.38. The fourth-order valence-electron chi connectivity index (χ4n) is 1.67. The number of thiocarbonyl (C=S) groups is 2. The number of fused-ring (bicyclic) bond motifs is 1. The van der Waals surface area contributed by atoms with Crippen molar-refractivity contribution in [1.29, 1.82) is 0 Å². The van der Waals surface area contributed by atoms with E-state index >= 15 is 0 Å². The van der Waals surface area contributed by atoms with Gasteiger partial charge in [-0.25, -0.2) is 0 Å². The molecular formula is C11H11NS2. The molecule has 0 aromatic heterocycles. The van der Waals surface area contributed by atoms with Crippen molar-refractivity contribution in [3.8, 4) is 0 Å². The Bertz CT molecular complexity index is 363. The van der Waals surface area contributed by atoms with Gasteiger partial charge in [-0.05, 0) is 6.42 Å². The molecule has 0 radical (unpaired) electrons. The highest BCUT2D eigenvalue weighted by Gasteiger charge is 2.27. The van der Waals surface area contributed by atoms with Gasteiger partial charge in [-0.15, -0.1) is 0 Å². The highest BCUT2D eigenvalue weighted by molar-refractivity contribution is 7.82. The minimum atomic E-state index is 0.882. The zero-order chi connectivity index (χ0) is 10.1. The van der Waals surface area contributed by atoms with Crippen LogP contribution in [0.25, 0.3) is 0 Å². The molecule has 0 fully saturated rings. The zero-order valence-electron chi connectivity index (χ0n) is 7.99. The minimum Gasteiger partial charge on any atom is -0.323 e. The summed E-state index contributed by atoms with van der Waals surface area (Å²) in [6, 6.07) is 8.09. The van der Waals surface area contributed by atoms with Gasteiger partial charge in [-0.1, -0.05) is 55.6 Å². The Morgan fingerprint density at radius 1 is 1.07 bits per heavy atom. The molecule has 3 heteroatoms. The van der Waals surface area contributed by atoms with Gasteiger partial charge in [0, 0.05) is 17.7 Å². The van der Waals surface area contributed by atoms with Gasteiger partial charge in [0.2, 0.25) is 0 Å². The van der Waals surface area contributed by atoms with E-state index in [2.05, 4.69) is 11.8 Å². The monoisotopic (exact) mass is 221 g/mol. The predicted octanol–water partition coefficient (Wildman–Crippen LogP) is 2.76. The third kappa shape index (κ3) is 1.37. The lowest BCUT2D eigenvalue weighted by Gasteiger charge is -2.16. The summed E-state index contributed by atoms with van der Waals surface area (Å²) in [5, 5.41) is 0. The van der Waals surface area contributed by atoms with Crippen LogP contribution in [0.2, 0.25) is 0 Å². The molecule has 0 saturated carbocycles. The lowest BCUT2D eigenvalue weighted by molar-refractivity contribution is 0.623. The van der Waals surface area contributed by atoms with Crippen LogP contribution in [-0.4, -0.2) is 21.4 Å². The summed E-state index contributed by atoms with van der Waals surface area (Å²) in [4.78, 5) is 3.81. The molecular weight excluding hydrogens is 210 g/mol. The van der Waals surface area contributed by atoms with Crippen molar-refractivity contribution in [2.75, 3.05) is 6.54 Å². The molecule has 0 saturated heterocycles. The summed E-state index contributed by atoms with van der Waals surface area (Å²) in [5.41, 5.74) is 2.22. The molecule has 1 aliphatic rings. The highest BCUT2D eigenvalue weighted by atomic mass is 32.1. The number of hydrogen-bond donors (Lipinski definition) is 0. The molecule has 0 amide bonds. The van der Waals surface area contributed by atoms with Crippen LogP contribution in [0.15, 0.2) is 24.3 Å². The zero-order valence-corrected chi connectivity index (χ0v) is 9.62. The van der Waals surface area contributed by atoms with Gasteiger partial charge in [-0.2, -0.15) is 0 Å². The second-order valence-corrected chi connectivity index (χ2v) is 4.08. The number of rotatable bonds is 2. The average molecular weight is 221 g/mol. The van der Waals surface area contributed by atoms with Gasteiger partial charge >= 0.3 is 0 Å². The minimum absolute atomic E-state index is 0.882. The first-order valence-electron chi connectivity index (χ1n) is 4.71. The molecule has 0 spiro atoms. The van der Waals surface area contributed by atoms with Gasteiger partial charge in [0.05, 0.1) is 0 Å². The van der Waals surface area contributed by atoms with Gasteiger partial charge < -0.3 is 4.90 Å². The van der Waals surface area contributed by atoms with Crippen LogP contribution in [0, 0.1) is 0 Å². The first-order valence-corrected chi connectivity index (χ1v) is 5.52. The van der Waals surface area contributed by atoms with Crippen molar-refractivity contribution in [2.24, 2.45) is 0 Å². The molecule has 1 aromatic carbocycles. The largest absolute Gasteiger partial charge is 0.323 e. The molecule has 0 bridgehead atoms. The lowest BCUT2D eigenvalue weighted by atomic mass is 10.1. The van der Waals surface area contributed by atoms with Crippen LogP contribution in [-0.2, 0) is 0 Å². The van der Waals surface area contributed by atoms with E-state index in [1.165, 1.54) is 0 Å². The first-order chi connectivity index (χ1) is 6.75. The molecule has 0 unspecified atom stereocenters. The van der Waals surface area contributed by atoms with E-state index in [-0.39, 0.29) is 0 Å². The summed E-state index contributed by atoms with van der Waals surface area (Å²) < 4.78 is 0. The Hall–Kier alpha value is -0.800. The second-order valence-electron chi connectivity index (χ2n) is 3.31. The topological polar surface area (TPSA) is 3.24 Å². The third-order valence-corrected chi connectivity index (χ3v) is 3.21. The predicted molar refractivity (Wildman–Crippen MR) is 66.8 cm³/mol. The number of nitrogens with zero attached hydrogens (tertiary/aromatic N) is 1. The molecule has 0 atom stereocenters. The average Bonchev–Trinajstić information content (AvgIpc) is 2.45. The Morgan fingerprint density at radius 3 is 2.00 bits per heavy atom. The fourth-order valence-corrected chi connectivity index (χ4v) is 2.44. The van der Waals surface area contributed by atoms with Crippen molar-refractivity contribution in [1.82, 2.24) is 4.90 Å². The van der Waals surface area contributed by atoms with E-state index in [1.807, 2.05) is 24.3 Å². The summed E-state index contributed by atoms with van der Waals surface area (Å²) in [6.07, 6.45) is 1.06. The van der Waals surface area contributed by atoms with Crippen molar-refractivity contribution in [3.63, 3.8) is 0 Å². The highest BCUT2D eigenvalue weighted by Crippen LogP contribution is 2.24. The third-order valence-electron chi connectivity index (χ3n) is 2.33. The molecule has 1 heterocycles. The van der Waals surface area contributed by atoms with E-state index in [0.29, 0.717) is 0 Å². The maximum Gasteiger partial charge on any atom is 0.114 e. The van der Waals surface area contributed by atoms with E-state index in [4.69, 9.17) is 24.4 Å². The van der Waals surface area contributed by atoms with Crippen LogP contribution < -0.4 is 0 Å². The molecule has 14 heavy (non-hydrogen) atoms. The molecule has 0 N–H and O–H groups in total. The van der Waals surface area contributed by atoms with Gasteiger partial charge in [-0.3, -0.25) is 0 Å². The normalized spacial score (nSPS) is 14.8. The van der Waals surface area contributed by atoms with Crippen LogP contribution in [0.4, 0.5) is 0 Å². The standard InChI is InChI=1S/C11H11NS2/c1-2-7-12-10(13)8-5-3-4-6-9(8)11(12)14/h3-6H,2,7H2,1H3. The van der Waals surface area contributed by atoms with Crippen LogP contribution in [0.1, 0.15) is 24.5 Å². The molecule has 72 valence electrons. The lowest BCUT2D eigenvalue weighted by Crippen LogP contribution is -2.28. The molecule has 2 rings (SSSR count). The number of benzene rings is 1. The second kappa shape index (κ2) is 3.75. The van der Waals surface area contributed by atoms with Crippen LogP contribution in [0.3, 0.4) is 0 Å². The Balaban J connectivity index is 2.43. The number of hydrogen-bond acceptors (Lipinski definition) is 2. The fraction of sp³-hybridized carbons (Fsp3) is 0.273. The summed E-state index contributed by atoms with van der Waals surface area (Å²) in [5.74, 6) is 0. The van der Waals surface area contributed by atoms with Crippen molar-refractivity contribution < 1.29 is 0 Å². The summed E-state index contributed by atoms with van der Waals surface area (Å²) in [7, 11) is 0. The van der Waals surface area contributed by atoms with Gasteiger partial charge in [0.15, 0.2) is 0 Å². The quantitative estimate of drug-likeness (QED) is 0.707. The molecule has 1 nitrogen and oxygen atoms in total. The first kappa shape index (κ1) is 9.74. The smallest absolute Gasteiger partial charge is 0.114 e. The molecule has 1 aliphatic heterocycles. The van der Waals surface area contributed by atoms with Crippen LogP contribution in [0.5, 0.6) is 0 Å². The summed E-state index contributed by atoms with van der Waals surface area (Å²) in [6.45, 7) is 3.06. The Morgan fingerprint density at radius 2 is 1.57 bits per heavy atom. The van der Waals surface area contributed by atoms with Crippen molar-refractivity contribution in [2.45, 2.75) is 13.3 Å². The molecule has 1 aromatic rings. The van der Waals surface area contributed by atoms with Gasteiger partial charge in [0.1, 0.15) is 9.98 Å². The Kier molecular flexibility index (Phi) is 2.61. The summed E-state index contributed by atoms with van der Waals surface area (Å²) >= 11 is 10.8. The van der Waals surface area contributed by atoms with E-state index in [9.17, 15) is 0 Å². The van der Waals surface area contributed by atoms with Gasteiger partial charge in [0.25, 0.3) is 0 Å².